The molecule has 1 aromatic heterocycles. The third kappa shape index (κ3) is 6.02. The standard InChI is InChI=1S/C29H28N6O5S/c1-4-40-22-15-11-20(12-16-22)26-25(27(36)31-23-7-5-6-8-24(23)39-3)18(2)30-28-32-29(33-34(26)28)41-17-19-9-13-21(14-10-19)35(37)38/h5-16,26H,4,17H2,1-3H3,(H,31,36)(H,30,32,33). The van der Waals surface area contributed by atoms with Crippen molar-refractivity contribution in [3.63, 3.8) is 0 Å². The lowest BCUT2D eigenvalue weighted by Crippen LogP contribution is -2.31. The van der Waals surface area contributed by atoms with Crippen LogP contribution in [-0.2, 0) is 10.5 Å². The first-order chi connectivity index (χ1) is 19.9. The van der Waals surface area contributed by atoms with E-state index in [9.17, 15) is 14.9 Å². The smallest absolute Gasteiger partial charge is 0.269 e. The normalized spacial score (nSPS) is 14.2. The number of hydrogen-bond acceptors (Lipinski definition) is 9. The zero-order valence-electron chi connectivity index (χ0n) is 22.7. The third-order valence-electron chi connectivity index (χ3n) is 6.45. The number of aromatic nitrogens is 3. The van der Waals surface area contributed by atoms with Crippen molar-refractivity contribution in [2.24, 2.45) is 0 Å². The van der Waals surface area contributed by atoms with Gasteiger partial charge in [-0.1, -0.05) is 48.2 Å². The number of ether oxygens (including phenoxy) is 2. The predicted octanol–water partition coefficient (Wildman–Crippen LogP) is 5.81. The number of amides is 1. The van der Waals surface area contributed by atoms with Crippen molar-refractivity contribution in [1.82, 2.24) is 14.8 Å². The molecule has 1 atom stereocenters. The molecule has 2 heterocycles. The second-order valence-corrected chi connectivity index (χ2v) is 10.0. The fourth-order valence-corrected chi connectivity index (χ4v) is 5.29. The number of para-hydroxylation sites is 2. The van der Waals surface area contributed by atoms with E-state index in [1.165, 1.54) is 23.9 Å². The average molecular weight is 573 g/mol. The number of allylic oxidation sites excluding steroid dienone is 1. The third-order valence-corrected chi connectivity index (χ3v) is 7.36. The monoisotopic (exact) mass is 572 g/mol. The number of nitrogens with zero attached hydrogens (tertiary/aromatic N) is 4. The van der Waals surface area contributed by atoms with Crippen LogP contribution in [0.3, 0.4) is 0 Å². The molecule has 5 rings (SSSR count). The molecular formula is C29H28N6O5S. The van der Waals surface area contributed by atoms with Gasteiger partial charge in [0, 0.05) is 23.6 Å². The highest BCUT2D eigenvalue weighted by molar-refractivity contribution is 7.98. The predicted molar refractivity (Wildman–Crippen MR) is 156 cm³/mol. The van der Waals surface area contributed by atoms with E-state index in [1.54, 1.807) is 36.1 Å². The summed E-state index contributed by atoms with van der Waals surface area (Å²) in [4.78, 5) is 29.0. The molecule has 0 saturated carbocycles. The Morgan fingerprint density at radius 2 is 1.85 bits per heavy atom. The van der Waals surface area contributed by atoms with Gasteiger partial charge in [-0.2, -0.15) is 4.98 Å². The van der Waals surface area contributed by atoms with E-state index in [4.69, 9.17) is 14.6 Å². The maximum atomic E-state index is 13.8. The van der Waals surface area contributed by atoms with E-state index in [1.807, 2.05) is 50.2 Å². The summed E-state index contributed by atoms with van der Waals surface area (Å²) >= 11 is 1.40. The highest BCUT2D eigenvalue weighted by atomic mass is 32.2. The summed E-state index contributed by atoms with van der Waals surface area (Å²) in [6.45, 7) is 4.30. The van der Waals surface area contributed by atoms with Crippen molar-refractivity contribution in [3.05, 3.63) is 105 Å². The first-order valence-electron chi connectivity index (χ1n) is 12.9. The molecule has 210 valence electrons. The Morgan fingerprint density at radius 3 is 2.54 bits per heavy atom. The molecule has 1 unspecified atom stereocenters. The molecule has 0 fully saturated rings. The Balaban J connectivity index is 1.46. The number of rotatable bonds is 10. The van der Waals surface area contributed by atoms with Crippen molar-refractivity contribution in [1.29, 1.82) is 0 Å². The van der Waals surface area contributed by atoms with E-state index in [0.29, 0.717) is 46.2 Å². The van der Waals surface area contributed by atoms with Crippen LogP contribution in [0.15, 0.2) is 89.2 Å². The van der Waals surface area contributed by atoms with Crippen molar-refractivity contribution in [3.8, 4) is 11.5 Å². The van der Waals surface area contributed by atoms with Crippen LogP contribution >= 0.6 is 11.8 Å². The molecule has 0 spiro atoms. The van der Waals surface area contributed by atoms with Crippen LogP contribution in [0.5, 0.6) is 11.5 Å². The van der Waals surface area contributed by atoms with E-state index >= 15 is 0 Å². The van der Waals surface area contributed by atoms with Crippen LogP contribution in [0, 0.1) is 10.1 Å². The highest BCUT2D eigenvalue weighted by Crippen LogP contribution is 2.38. The lowest BCUT2D eigenvalue weighted by molar-refractivity contribution is -0.384. The molecule has 4 aromatic rings. The Kier molecular flexibility index (Phi) is 8.20. The molecule has 1 amide bonds. The summed E-state index contributed by atoms with van der Waals surface area (Å²) < 4.78 is 12.8. The van der Waals surface area contributed by atoms with Gasteiger partial charge in [-0.05, 0) is 49.2 Å². The molecule has 0 saturated heterocycles. The van der Waals surface area contributed by atoms with Crippen LogP contribution in [0.1, 0.15) is 31.0 Å². The van der Waals surface area contributed by atoms with Gasteiger partial charge in [-0.15, -0.1) is 5.10 Å². The molecular weight excluding hydrogens is 544 g/mol. The molecule has 0 bridgehead atoms. The number of nitrogens with one attached hydrogen (secondary N) is 2. The largest absolute Gasteiger partial charge is 0.495 e. The Hall–Kier alpha value is -4.84. The number of non-ortho nitro benzene ring substituents is 1. The van der Waals surface area contributed by atoms with Crippen molar-refractivity contribution >= 4 is 35.0 Å². The van der Waals surface area contributed by atoms with E-state index in [-0.39, 0.29) is 11.6 Å². The Bertz CT molecular complexity index is 1600. The Labute approximate surface area is 240 Å². The fraction of sp³-hybridized carbons (Fsp3) is 0.207. The number of nitro benzene ring substituents is 1. The number of benzene rings is 3. The SMILES string of the molecule is CCOc1ccc(C2C(C(=O)Nc3ccccc3OC)=C(C)Nc3nc(SCc4ccc([N+](=O)[O-])cc4)nn32)cc1. The average Bonchev–Trinajstić information content (AvgIpc) is 3.38. The summed E-state index contributed by atoms with van der Waals surface area (Å²) in [6.07, 6.45) is 0. The number of methoxy groups -OCH3 is 1. The van der Waals surface area contributed by atoms with Crippen LogP contribution in [0.4, 0.5) is 17.3 Å². The van der Waals surface area contributed by atoms with Crippen LogP contribution < -0.4 is 20.1 Å². The molecule has 11 nitrogen and oxygen atoms in total. The van der Waals surface area contributed by atoms with Gasteiger partial charge in [0.1, 0.15) is 17.5 Å². The minimum absolute atomic E-state index is 0.0391. The van der Waals surface area contributed by atoms with Crippen LogP contribution in [0.25, 0.3) is 0 Å². The first kappa shape index (κ1) is 27.7. The highest BCUT2D eigenvalue weighted by Gasteiger charge is 2.34. The molecule has 41 heavy (non-hydrogen) atoms. The zero-order chi connectivity index (χ0) is 28.9. The van der Waals surface area contributed by atoms with Gasteiger partial charge in [0.15, 0.2) is 0 Å². The number of hydrogen-bond donors (Lipinski definition) is 2. The molecule has 1 aliphatic rings. The molecule has 2 N–H and O–H groups in total. The first-order valence-corrected chi connectivity index (χ1v) is 13.8. The minimum Gasteiger partial charge on any atom is -0.495 e. The summed E-state index contributed by atoms with van der Waals surface area (Å²) in [7, 11) is 1.55. The molecule has 3 aromatic carbocycles. The fourth-order valence-electron chi connectivity index (χ4n) is 4.51. The van der Waals surface area contributed by atoms with Gasteiger partial charge in [-0.25, -0.2) is 4.68 Å². The summed E-state index contributed by atoms with van der Waals surface area (Å²) in [5, 5.41) is 22.5. The van der Waals surface area contributed by atoms with E-state index in [2.05, 4.69) is 15.6 Å². The van der Waals surface area contributed by atoms with Gasteiger partial charge >= 0.3 is 0 Å². The van der Waals surface area contributed by atoms with Gasteiger partial charge < -0.3 is 20.1 Å². The van der Waals surface area contributed by atoms with Gasteiger partial charge in [0.25, 0.3) is 11.6 Å². The van der Waals surface area contributed by atoms with E-state index in [0.717, 1.165) is 16.9 Å². The molecule has 0 radical (unpaired) electrons. The maximum absolute atomic E-state index is 13.8. The summed E-state index contributed by atoms with van der Waals surface area (Å²) in [5.41, 5.74) is 3.44. The number of carbonyl (C=O) groups is 1. The van der Waals surface area contributed by atoms with Crippen molar-refractivity contribution in [2.45, 2.75) is 30.8 Å². The number of nitro groups is 1. The van der Waals surface area contributed by atoms with Gasteiger partial charge in [0.05, 0.1) is 29.9 Å². The summed E-state index contributed by atoms with van der Waals surface area (Å²) in [5.74, 6) is 1.99. The van der Waals surface area contributed by atoms with Crippen molar-refractivity contribution in [2.75, 3.05) is 24.4 Å². The minimum atomic E-state index is -0.571. The Morgan fingerprint density at radius 1 is 1.12 bits per heavy atom. The number of anilines is 2. The lowest BCUT2D eigenvalue weighted by Gasteiger charge is -2.29. The molecule has 0 aliphatic carbocycles. The van der Waals surface area contributed by atoms with E-state index < -0.39 is 11.0 Å². The van der Waals surface area contributed by atoms with Crippen LogP contribution in [0.2, 0.25) is 0 Å². The number of fused-ring (bicyclic) bond motifs is 1. The molecule has 1 aliphatic heterocycles. The van der Waals surface area contributed by atoms with Gasteiger partial charge in [0.2, 0.25) is 11.1 Å². The maximum Gasteiger partial charge on any atom is 0.269 e. The second kappa shape index (κ2) is 12.1. The van der Waals surface area contributed by atoms with Gasteiger partial charge in [-0.3, -0.25) is 14.9 Å². The molecule has 12 heteroatoms. The quantitative estimate of drug-likeness (QED) is 0.137. The van der Waals surface area contributed by atoms with Crippen LogP contribution in [-0.4, -0.2) is 39.3 Å². The zero-order valence-corrected chi connectivity index (χ0v) is 23.5. The van der Waals surface area contributed by atoms with Crippen molar-refractivity contribution < 1.29 is 19.2 Å². The number of carbonyl (C=O) groups excluding carboxylic acids is 1. The second-order valence-electron chi connectivity index (χ2n) is 9.10. The number of thioether (sulfide) groups is 1. The topological polar surface area (TPSA) is 133 Å². The lowest BCUT2D eigenvalue weighted by atomic mass is 9.95. The summed E-state index contributed by atoms with van der Waals surface area (Å²) in [6, 6.07) is 20.6.